The third-order valence-corrected chi connectivity index (χ3v) is 5.91. The molecule has 0 radical (unpaired) electrons. The molecule has 0 saturated carbocycles. The molecule has 3 N–H and O–H groups in total. The Kier molecular flexibility index (Phi) is 4.32. The molecule has 2 aliphatic heterocycles. The van der Waals surface area contributed by atoms with Gasteiger partial charge in [-0.15, -0.1) is 0 Å². The molecule has 6 heteroatoms. The van der Waals surface area contributed by atoms with E-state index in [2.05, 4.69) is 56.7 Å². The maximum Gasteiger partial charge on any atom is 0.137 e. The van der Waals surface area contributed by atoms with Crippen LogP contribution in [-0.4, -0.2) is 44.3 Å². The summed E-state index contributed by atoms with van der Waals surface area (Å²) >= 11 is 0. The highest BCUT2D eigenvalue weighted by Gasteiger charge is 2.33. The summed E-state index contributed by atoms with van der Waals surface area (Å²) in [4.78, 5) is 10.1. The Morgan fingerprint density at radius 1 is 1.15 bits per heavy atom. The van der Waals surface area contributed by atoms with Gasteiger partial charge in [0.2, 0.25) is 0 Å². The molecule has 1 fully saturated rings. The summed E-state index contributed by atoms with van der Waals surface area (Å²) < 4.78 is 0. The number of anilines is 1. The Balaban J connectivity index is 1.20. The number of hydrazine groups is 1. The zero-order chi connectivity index (χ0) is 18.2. The molecule has 1 atom stereocenters. The monoisotopic (exact) mass is 363 g/mol. The van der Waals surface area contributed by atoms with Crippen molar-refractivity contribution in [1.29, 1.82) is 0 Å². The summed E-state index contributed by atoms with van der Waals surface area (Å²) in [5, 5.41) is 14.1. The molecule has 5 rings (SSSR count). The van der Waals surface area contributed by atoms with E-state index in [9.17, 15) is 5.11 Å². The quantitative estimate of drug-likeness (QED) is 0.665. The van der Waals surface area contributed by atoms with Crippen molar-refractivity contribution >= 4 is 16.7 Å². The Bertz CT molecular complexity index is 917. The number of hydrogen-bond donors (Lipinski definition) is 3. The molecule has 2 aliphatic rings. The predicted molar refractivity (Wildman–Crippen MR) is 106 cm³/mol. The number of aromatic amines is 1. The molecule has 27 heavy (non-hydrogen) atoms. The SMILES string of the molecule is OC(C1CCN(Cc2ccccc2)CC1)N1Cc2c(cnc3[nH]ccc23)N1. The van der Waals surface area contributed by atoms with Crippen LogP contribution in [0.5, 0.6) is 0 Å². The lowest BCUT2D eigenvalue weighted by Gasteiger charge is -2.37. The lowest BCUT2D eigenvalue weighted by Crippen LogP contribution is -2.45. The van der Waals surface area contributed by atoms with E-state index in [1.807, 2.05) is 17.4 Å². The minimum Gasteiger partial charge on any atom is -0.376 e. The third-order valence-electron chi connectivity index (χ3n) is 5.91. The normalized spacial score (nSPS) is 19.9. The number of aromatic nitrogens is 2. The Morgan fingerprint density at radius 2 is 1.96 bits per heavy atom. The number of hydrogen-bond acceptors (Lipinski definition) is 5. The third kappa shape index (κ3) is 3.20. The van der Waals surface area contributed by atoms with Crippen LogP contribution in [0.1, 0.15) is 24.0 Å². The van der Waals surface area contributed by atoms with Gasteiger partial charge in [-0.3, -0.25) is 4.90 Å². The average Bonchev–Trinajstić information content (AvgIpc) is 3.35. The van der Waals surface area contributed by atoms with Crippen LogP contribution in [0.4, 0.5) is 5.69 Å². The first-order valence-corrected chi connectivity index (χ1v) is 9.70. The highest BCUT2D eigenvalue weighted by atomic mass is 16.3. The summed E-state index contributed by atoms with van der Waals surface area (Å²) in [5.74, 6) is 0.286. The topological polar surface area (TPSA) is 67.4 Å². The number of rotatable bonds is 4. The molecule has 4 heterocycles. The fraction of sp³-hybridized carbons (Fsp3) is 0.381. The molecular weight excluding hydrogens is 338 g/mol. The fourth-order valence-corrected chi connectivity index (χ4v) is 4.36. The molecule has 3 aromatic rings. The van der Waals surface area contributed by atoms with Crippen molar-refractivity contribution in [3.05, 3.63) is 59.9 Å². The molecule has 1 saturated heterocycles. The largest absolute Gasteiger partial charge is 0.376 e. The second-order valence-corrected chi connectivity index (χ2v) is 7.64. The van der Waals surface area contributed by atoms with Crippen molar-refractivity contribution in [2.75, 3.05) is 18.5 Å². The molecule has 0 aliphatic carbocycles. The standard InChI is InChI=1S/C21H25N5O/c27-21(16-7-10-25(11-8-16)13-15-4-2-1-3-5-15)26-14-18-17-6-9-22-20(17)23-12-19(18)24-26/h1-6,9,12,16,21,24,27H,7-8,10-11,13-14H2,(H,22,23). The lowest BCUT2D eigenvalue weighted by atomic mass is 9.94. The maximum absolute atomic E-state index is 11.0. The van der Waals surface area contributed by atoms with Gasteiger partial charge in [0, 0.05) is 36.2 Å². The molecule has 0 bridgehead atoms. The van der Waals surface area contributed by atoms with Crippen LogP contribution in [-0.2, 0) is 13.1 Å². The van der Waals surface area contributed by atoms with E-state index in [1.165, 1.54) is 11.1 Å². The van der Waals surface area contributed by atoms with Gasteiger partial charge in [-0.05, 0) is 37.6 Å². The van der Waals surface area contributed by atoms with Crippen molar-refractivity contribution < 1.29 is 5.11 Å². The van der Waals surface area contributed by atoms with E-state index in [4.69, 9.17) is 0 Å². The second-order valence-electron chi connectivity index (χ2n) is 7.64. The average molecular weight is 363 g/mol. The molecule has 140 valence electrons. The van der Waals surface area contributed by atoms with Crippen molar-refractivity contribution in [2.45, 2.75) is 32.2 Å². The van der Waals surface area contributed by atoms with Gasteiger partial charge < -0.3 is 15.5 Å². The second kappa shape index (κ2) is 6.96. The van der Waals surface area contributed by atoms with Crippen LogP contribution in [0.2, 0.25) is 0 Å². The van der Waals surface area contributed by atoms with Gasteiger partial charge >= 0.3 is 0 Å². The lowest BCUT2D eigenvalue weighted by molar-refractivity contribution is -0.0460. The summed E-state index contributed by atoms with van der Waals surface area (Å²) in [7, 11) is 0. The van der Waals surface area contributed by atoms with Crippen molar-refractivity contribution in [1.82, 2.24) is 19.9 Å². The van der Waals surface area contributed by atoms with Gasteiger partial charge in [0.15, 0.2) is 0 Å². The van der Waals surface area contributed by atoms with E-state index in [1.54, 1.807) is 0 Å². The van der Waals surface area contributed by atoms with Crippen molar-refractivity contribution in [2.24, 2.45) is 5.92 Å². The van der Waals surface area contributed by atoms with Crippen LogP contribution >= 0.6 is 0 Å². The number of likely N-dealkylation sites (tertiary alicyclic amines) is 1. The highest BCUT2D eigenvalue weighted by molar-refractivity contribution is 5.85. The number of nitrogens with one attached hydrogen (secondary N) is 2. The van der Waals surface area contributed by atoms with Crippen LogP contribution in [0, 0.1) is 5.92 Å². The minimum absolute atomic E-state index is 0.286. The number of aliphatic hydroxyl groups is 1. The number of aliphatic hydroxyl groups excluding tert-OH is 1. The maximum atomic E-state index is 11.0. The summed E-state index contributed by atoms with van der Waals surface area (Å²) in [6.07, 6.45) is 5.31. The zero-order valence-electron chi connectivity index (χ0n) is 15.3. The van der Waals surface area contributed by atoms with E-state index >= 15 is 0 Å². The first kappa shape index (κ1) is 16.7. The predicted octanol–water partition coefficient (Wildman–Crippen LogP) is 2.94. The Labute approximate surface area is 158 Å². The molecule has 0 spiro atoms. The van der Waals surface area contributed by atoms with Crippen LogP contribution in [0.3, 0.4) is 0 Å². The van der Waals surface area contributed by atoms with Crippen LogP contribution < -0.4 is 5.43 Å². The molecule has 6 nitrogen and oxygen atoms in total. The van der Waals surface area contributed by atoms with Gasteiger partial charge in [0.1, 0.15) is 11.9 Å². The van der Waals surface area contributed by atoms with Gasteiger partial charge in [-0.2, -0.15) is 5.01 Å². The molecule has 1 aromatic carbocycles. The highest BCUT2D eigenvalue weighted by Crippen LogP contribution is 2.34. The summed E-state index contributed by atoms with van der Waals surface area (Å²) in [6, 6.07) is 12.7. The molecule has 2 aromatic heterocycles. The fourth-order valence-electron chi connectivity index (χ4n) is 4.36. The number of nitrogens with zero attached hydrogens (tertiary/aromatic N) is 3. The van der Waals surface area contributed by atoms with Gasteiger partial charge in [-0.25, -0.2) is 4.98 Å². The van der Waals surface area contributed by atoms with Crippen molar-refractivity contribution in [3.8, 4) is 0 Å². The van der Waals surface area contributed by atoms with Gasteiger partial charge in [0.25, 0.3) is 0 Å². The molecule has 1 unspecified atom stereocenters. The molecular formula is C21H25N5O. The van der Waals surface area contributed by atoms with Crippen LogP contribution in [0.15, 0.2) is 48.8 Å². The van der Waals surface area contributed by atoms with E-state index in [0.717, 1.165) is 49.2 Å². The number of fused-ring (bicyclic) bond motifs is 3. The van der Waals surface area contributed by atoms with E-state index in [-0.39, 0.29) is 5.92 Å². The Hall–Kier alpha value is -2.41. The number of pyridine rings is 1. The molecule has 0 amide bonds. The number of H-pyrrole nitrogens is 1. The first-order chi connectivity index (χ1) is 13.3. The summed E-state index contributed by atoms with van der Waals surface area (Å²) in [5.41, 5.74) is 7.83. The van der Waals surface area contributed by atoms with E-state index < -0.39 is 6.23 Å². The number of piperidine rings is 1. The van der Waals surface area contributed by atoms with E-state index in [0.29, 0.717) is 6.54 Å². The smallest absolute Gasteiger partial charge is 0.137 e. The van der Waals surface area contributed by atoms with Gasteiger partial charge in [0.05, 0.1) is 11.9 Å². The number of benzene rings is 1. The Morgan fingerprint density at radius 3 is 2.78 bits per heavy atom. The van der Waals surface area contributed by atoms with Crippen LogP contribution in [0.25, 0.3) is 11.0 Å². The minimum atomic E-state index is -0.481. The zero-order valence-corrected chi connectivity index (χ0v) is 15.3. The van der Waals surface area contributed by atoms with Gasteiger partial charge in [-0.1, -0.05) is 30.3 Å². The summed E-state index contributed by atoms with van der Waals surface area (Å²) in [6.45, 7) is 3.76. The first-order valence-electron chi connectivity index (χ1n) is 9.70. The van der Waals surface area contributed by atoms with Crippen molar-refractivity contribution in [3.63, 3.8) is 0 Å².